The summed E-state index contributed by atoms with van der Waals surface area (Å²) in [6.07, 6.45) is 3.00. The van der Waals surface area contributed by atoms with Gasteiger partial charge < -0.3 is 5.32 Å². The molecule has 1 aromatic heterocycles. The van der Waals surface area contributed by atoms with Gasteiger partial charge in [-0.1, -0.05) is 6.92 Å². The second-order valence-corrected chi connectivity index (χ2v) is 5.79. The molecular weight excluding hydrogens is 244 g/mol. The molecule has 0 bridgehead atoms. The molecule has 2 heterocycles. The van der Waals surface area contributed by atoms with Gasteiger partial charge >= 0.3 is 0 Å². The summed E-state index contributed by atoms with van der Waals surface area (Å²) in [6, 6.07) is 2.21. The molecule has 0 spiro atoms. The van der Waals surface area contributed by atoms with E-state index in [2.05, 4.69) is 27.0 Å². The molecule has 0 radical (unpaired) electrons. The van der Waals surface area contributed by atoms with E-state index in [1.165, 1.54) is 18.4 Å². The molecule has 0 unspecified atom stereocenters. The van der Waals surface area contributed by atoms with E-state index in [-0.39, 0.29) is 5.91 Å². The number of carbonyl (C=O) groups is 1. The Balaban J connectivity index is 1.66. The number of thiophene rings is 1. The SMILES string of the molecule is CCC(=O)NCC1CCN(Cc2ccsc2)CC1. The van der Waals surface area contributed by atoms with Gasteiger partial charge in [-0.05, 0) is 54.2 Å². The Morgan fingerprint density at radius 2 is 2.28 bits per heavy atom. The number of amides is 1. The molecule has 0 saturated carbocycles. The van der Waals surface area contributed by atoms with Crippen LogP contribution in [0.3, 0.4) is 0 Å². The zero-order valence-corrected chi connectivity index (χ0v) is 11.8. The minimum absolute atomic E-state index is 0.177. The standard InChI is InChI=1S/C14H22N2OS/c1-2-14(17)15-9-12-3-6-16(7-4-12)10-13-5-8-18-11-13/h5,8,11-12H,2-4,6-7,9-10H2,1H3,(H,15,17). The van der Waals surface area contributed by atoms with E-state index in [4.69, 9.17) is 0 Å². The maximum atomic E-state index is 11.2. The number of hydrogen-bond donors (Lipinski definition) is 1. The van der Waals surface area contributed by atoms with Crippen LogP contribution in [-0.4, -0.2) is 30.4 Å². The molecule has 18 heavy (non-hydrogen) atoms. The molecule has 1 aliphatic heterocycles. The van der Waals surface area contributed by atoms with Crippen molar-refractivity contribution in [3.63, 3.8) is 0 Å². The quantitative estimate of drug-likeness (QED) is 0.888. The summed E-state index contributed by atoms with van der Waals surface area (Å²) in [6.45, 7) is 6.15. The third kappa shape index (κ3) is 4.10. The van der Waals surface area contributed by atoms with E-state index in [0.29, 0.717) is 12.3 Å². The molecule has 1 aromatic rings. The van der Waals surface area contributed by atoms with E-state index in [1.807, 2.05) is 6.92 Å². The lowest BCUT2D eigenvalue weighted by Crippen LogP contribution is -2.38. The smallest absolute Gasteiger partial charge is 0.219 e. The normalized spacial score (nSPS) is 17.8. The number of nitrogens with zero attached hydrogens (tertiary/aromatic N) is 1. The average molecular weight is 266 g/mol. The zero-order valence-electron chi connectivity index (χ0n) is 11.0. The first kappa shape index (κ1) is 13.6. The van der Waals surface area contributed by atoms with Gasteiger partial charge in [-0.15, -0.1) is 0 Å². The number of carbonyl (C=O) groups excluding carboxylic acids is 1. The Kier molecular flexibility index (Phi) is 5.20. The van der Waals surface area contributed by atoms with Crippen LogP contribution in [0.4, 0.5) is 0 Å². The van der Waals surface area contributed by atoms with Crippen molar-refractivity contribution >= 4 is 17.2 Å². The molecule has 3 nitrogen and oxygen atoms in total. The van der Waals surface area contributed by atoms with Gasteiger partial charge in [-0.3, -0.25) is 9.69 Å². The van der Waals surface area contributed by atoms with Crippen LogP contribution >= 0.6 is 11.3 Å². The van der Waals surface area contributed by atoms with E-state index in [9.17, 15) is 4.79 Å². The first-order valence-electron chi connectivity index (χ1n) is 6.78. The monoisotopic (exact) mass is 266 g/mol. The number of hydrogen-bond acceptors (Lipinski definition) is 3. The van der Waals surface area contributed by atoms with E-state index < -0.39 is 0 Å². The third-order valence-corrected chi connectivity index (χ3v) is 4.33. The second kappa shape index (κ2) is 6.90. The maximum Gasteiger partial charge on any atom is 0.219 e. The summed E-state index contributed by atoms with van der Waals surface area (Å²) < 4.78 is 0. The molecule has 0 aliphatic carbocycles. The van der Waals surface area contributed by atoms with Gasteiger partial charge in [0.15, 0.2) is 0 Å². The van der Waals surface area contributed by atoms with Gasteiger partial charge in [0.1, 0.15) is 0 Å². The Morgan fingerprint density at radius 3 is 2.89 bits per heavy atom. The van der Waals surface area contributed by atoms with Crippen molar-refractivity contribution in [2.45, 2.75) is 32.7 Å². The predicted octanol–water partition coefficient (Wildman–Crippen LogP) is 2.49. The summed E-state index contributed by atoms with van der Waals surface area (Å²) in [7, 11) is 0. The first-order chi connectivity index (χ1) is 8.78. The van der Waals surface area contributed by atoms with Crippen LogP contribution in [0.1, 0.15) is 31.7 Å². The van der Waals surface area contributed by atoms with Gasteiger partial charge in [0.05, 0.1) is 0 Å². The third-order valence-electron chi connectivity index (χ3n) is 3.60. The Morgan fingerprint density at radius 1 is 1.50 bits per heavy atom. The molecule has 1 saturated heterocycles. The minimum Gasteiger partial charge on any atom is -0.356 e. The van der Waals surface area contributed by atoms with Gasteiger partial charge in [-0.25, -0.2) is 0 Å². The lowest BCUT2D eigenvalue weighted by Gasteiger charge is -2.31. The molecule has 0 atom stereocenters. The van der Waals surface area contributed by atoms with Crippen LogP contribution in [0.15, 0.2) is 16.8 Å². The van der Waals surface area contributed by atoms with Crippen LogP contribution in [0, 0.1) is 5.92 Å². The topological polar surface area (TPSA) is 32.3 Å². The van der Waals surface area contributed by atoms with Gasteiger partial charge in [0, 0.05) is 19.5 Å². The largest absolute Gasteiger partial charge is 0.356 e. The fourth-order valence-electron chi connectivity index (χ4n) is 2.37. The number of nitrogens with one attached hydrogen (secondary N) is 1. The van der Waals surface area contributed by atoms with Crippen molar-refractivity contribution in [2.24, 2.45) is 5.92 Å². The van der Waals surface area contributed by atoms with Crippen LogP contribution in [0.25, 0.3) is 0 Å². The molecule has 1 aliphatic rings. The second-order valence-electron chi connectivity index (χ2n) is 5.01. The summed E-state index contributed by atoms with van der Waals surface area (Å²) in [5, 5.41) is 7.38. The first-order valence-corrected chi connectivity index (χ1v) is 7.72. The van der Waals surface area contributed by atoms with Crippen molar-refractivity contribution in [1.82, 2.24) is 10.2 Å². The minimum atomic E-state index is 0.177. The summed E-state index contributed by atoms with van der Waals surface area (Å²) in [4.78, 5) is 13.7. The van der Waals surface area contributed by atoms with Crippen LogP contribution in [0.2, 0.25) is 0 Å². The molecule has 1 amide bonds. The lowest BCUT2D eigenvalue weighted by molar-refractivity contribution is -0.121. The highest BCUT2D eigenvalue weighted by Gasteiger charge is 2.19. The fourth-order valence-corrected chi connectivity index (χ4v) is 3.03. The Hall–Kier alpha value is -0.870. The van der Waals surface area contributed by atoms with Crippen molar-refractivity contribution in [2.75, 3.05) is 19.6 Å². The van der Waals surface area contributed by atoms with Crippen LogP contribution in [0.5, 0.6) is 0 Å². The molecule has 0 aromatic carbocycles. The molecule has 2 rings (SSSR count). The van der Waals surface area contributed by atoms with Gasteiger partial charge in [0.2, 0.25) is 5.91 Å². The highest BCUT2D eigenvalue weighted by Crippen LogP contribution is 2.19. The Bertz CT molecular complexity index is 356. The van der Waals surface area contributed by atoms with Crippen LogP contribution in [-0.2, 0) is 11.3 Å². The molecule has 1 fully saturated rings. The number of piperidine rings is 1. The molecular formula is C14H22N2OS. The fraction of sp³-hybridized carbons (Fsp3) is 0.643. The van der Waals surface area contributed by atoms with Gasteiger partial charge in [0.25, 0.3) is 0 Å². The van der Waals surface area contributed by atoms with E-state index >= 15 is 0 Å². The summed E-state index contributed by atoms with van der Waals surface area (Å²) in [5.74, 6) is 0.843. The summed E-state index contributed by atoms with van der Waals surface area (Å²) in [5.41, 5.74) is 1.43. The van der Waals surface area contributed by atoms with Crippen molar-refractivity contribution in [3.8, 4) is 0 Å². The number of likely N-dealkylation sites (tertiary alicyclic amines) is 1. The lowest BCUT2D eigenvalue weighted by atomic mass is 9.96. The van der Waals surface area contributed by atoms with Gasteiger partial charge in [-0.2, -0.15) is 11.3 Å². The number of rotatable bonds is 5. The highest BCUT2D eigenvalue weighted by atomic mass is 32.1. The predicted molar refractivity (Wildman–Crippen MR) is 75.6 cm³/mol. The van der Waals surface area contributed by atoms with Crippen molar-refractivity contribution < 1.29 is 4.79 Å². The van der Waals surface area contributed by atoms with E-state index in [0.717, 1.165) is 26.2 Å². The summed E-state index contributed by atoms with van der Waals surface area (Å²) >= 11 is 1.77. The molecule has 100 valence electrons. The molecule has 1 N–H and O–H groups in total. The molecule has 4 heteroatoms. The zero-order chi connectivity index (χ0) is 12.8. The van der Waals surface area contributed by atoms with Crippen LogP contribution < -0.4 is 5.32 Å². The maximum absolute atomic E-state index is 11.2. The highest BCUT2D eigenvalue weighted by molar-refractivity contribution is 7.07. The van der Waals surface area contributed by atoms with Crippen molar-refractivity contribution in [1.29, 1.82) is 0 Å². The van der Waals surface area contributed by atoms with E-state index in [1.54, 1.807) is 11.3 Å². The Labute approximate surface area is 113 Å². The average Bonchev–Trinajstić information content (AvgIpc) is 2.90. The van der Waals surface area contributed by atoms with Crippen molar-refractivity contribution in [3.05, 3.63) is 22.4 Å².